The molecule has 5 nitrogen and oxygen atoms in total. The topological polar surface area (TPSA) is 61.8 Å². The minimum Gasteiger partial charge on any atom is -0.427 e. The molecule has 0 saturated carbocycles. The lowest BCUT2D eigenvalue weighted by atomic mass is 10.1. The molecule has 1 aromatic rings. The molecule has 2 radical (unpaired) electrons. The van der Waals surface area contributed by atoms with Gasteiger partial charge in [0.05, 0.1) is 5.56 Å². The third-order valence-electron chi connectivity index (χ3n) is 3.77. The van der Waals surface area contributed by atoms with Gasteiger partial charge in [0.15, 0.2) is 0 Å². The predicted octanol–water partition coefficient (Wildman–Crippen LogP) is 6.24. The van der Waals surface area contributed by atoms with Crippen LogP contribution in [0.4, 0.5) is 70.2 Å². The van der Waals surface area contributed by atoms with Crippen LogP contribution in [0.15, 0.2) is 18.2 Å². The minimum atomic E-state index is -7.90. The normalized spacial score (nSPS) is 17.4. The molecule has 0 bridgehead atoms. The molecule has 0 aliphatic heterocycles. The van der Waals surface area contributed by atoms with E-state index >= 15 is 0 Å². The van der Waals surface area contributed by atoms with Crippen molar-refractivity contribution in [3.8, 4) is 5.75 Å². The van der Waals surface area contributed by atoms with Crippen molar-refractivity contribution in [3.63, 3.8) is 0 Å². The van der Waals surface area contributed by atoms with E-state index < -0.39 is 64.1 Å². The first kappa shape index (κ1) is 33.7. The fourth-order valence-corrected chi connectivity index (χ4v) is 2.21. The lowest BCUT2D eigenvalue weighted by Crippen LogP contribution is -2.67. The van der Waals surface area contributed by atoms with Crippen LogP contribution in [0.5, 0.6) is 5.75 Å². The molecule has 38 heavy (non-hydrogen) atoms. The van der Waals surface area contributed by atoms with Gasteiger partial charge in [0.1, 0.15) is 5.75 Å². The summed E-state index contributed by atoms with van der Waals surface area (Å²) >= 11 is 0.864. The van der Waals surface area contributed by atoms with Crippen molar-refractivity contribution < 1.29 is 94.0 Å². The summed E-state index contributed by atoms with van der Waals surface area (Å²) in [5.74, 6) is -17.4. The van der Waals surface area contributed by atoms with Gasteiger partial charge in [-0.1, -0.05) is 0 Å². The van der Waals surface area contributed by atoms with Crippen LogP contribution in [-0.2, 0) is 19.1 Å². The Labute approximate surface area is 205 Å². The van der Waals surface area contributed by atoms with Crippen LogP contribution in [-0.4, -0.2) is 59.8 Å². The van der Waals surface area contributed by atoms with E-state index in [1.807, 2.05) is 0 Å². The molecule has 1 rings (SSSR count). The highest BCUT2D eigenvalue weighted by Gasteiger charge is 2.85. The Kier molecular flexibility index (Phi) is 8.85. The summed E-state index contributed by atoms with van der Waals surface area (Å²) in [6.07, 6.45) is -35.3. The van der Waals surface area contributed by atoms with Gasteiger partial charge in [0.2, 0.25) is 12.6 Å². The molecule has 0 N–H and O–H groups in total. The average Bonchev–Trinajstić information content (AvgIpc) is 2.70. The second-order valence-corrected chi connectivity index (χ2v) is 7.47. The van der Waals surface area contributed by atoms with Gasteiger partial charge < -0.3 is 4.74 Å². The fourth-order valence-electron chi connectivity index (χ4n) is 1.93. The van der Waals surface area contributed by atoms with E-state index in [1.54, 1.807) is 0 Å². The maximum absolute atomic E-state index is 14.3. The second-order valence-electron chi connectivity index (χ2n) is 6.45. The molecule has 0 aliphatic carbocycles. The molecule has 0 fully saturated rings. The minimum absolute atomic E-state index is 0.112. The zero-order valence-corrected chi connectivity index (χ0v) is 18.3. The zero-order chi connectivity index (χ0) is 30.4. The van der Waals surface area contributed by atoms with E-state index in [-0.39, 0.29) is 6.07 Å². The third kappa shape index (κ3) is 6.10. The molecule has 2 atom stereocenters. The van der Waals surface area contributed by atoms with Gasteiger partial charge in [-0.05, 0) is 34.1 Å². The smallest absolute Gasteiger partial charge is 0.427 e. The van der Waals surface area contributed by atoms with Crippen molar-refractivity contribution in [2.24, 2.45) is 0 Å². The quantitative estimate of drug-likeness (QED) is 0.208. The summed E-state index contributed by atoms with van der Waals surface area (Å²) in [6.45, 7) is 0. The maximum atomic E-state index is 14.3. The van der Waals surface area contributed by atoms with Crippen molar-refractivity contribution in [2.45, 2.75) is 47.2 Å². The monoisotopic (exact) mass is 658 g/mol. The Bertz CT molecular complexity index is 1040. The standard InChI is InChI=1S/C16H3BrF16O5/c17-11(21,16(32,33)36-8-3-6(4-34)1-2-7(8)5-35)38-15(30,31)10(20,13(25,26)27)37-14(28,29)9(18,19)12(22,23)24/h1-3H. The van der Waals surface area contributed by atoms with Gasteiger partial charge in [-0.2, -0.15) is 70.2 Å². The molecule has 0 amide bonds. The second kappa shape index (κ2) is 9.99. The number of rotatable bonds is 11. The number of halogens is 17. The molecule has 0 aromatic heterocycles. The van der Waals surface area contributed by atoms with Crippen molar-refractivity contribution in [3.05, 3.63) is 29.3 Å². The molecule has 0 spiro atoms. The van der Waals surface area contributed by atoms with Crippen molar-refractivity contribution >= 4 is 28.5 Å². The fraction of sp³-hybridized carbons (Fsp3) is 0.500. The first-order valence-electron chi connectivity index (χ1n) is 8.33. The molecule has 0 saturated heterocycles. The summed E-state index contributed by atoms with van der Waals surface area (Å²) in [6, 6.07) is 1.21. The van der Waals surface area contributed by atoms with Gasteiger partial charge in [0, 0.05) is 5.56 Å². The Morgan fingerprint density at radius 1 is 0.632 bits per heavy atom. The molecular formula is C16H3BrF16O5. The van der Waals surface area contributed by atoms with Crippen molar-refractivity contribution in [1.82, 2.24) is 0 Å². The van der Waals surface area contributed by atoms with E-state index in [0.29, 0.717) is 12.1 Å². The number of carbonyl (C=O) groups excluding carboxylic acids is 2. The predicted molar refractivity (Wildman–Crippen MR) is 87.3 cm³/mol. The number of ether oxygens (including phenoxy) is 3. The Morgan fingerprint density at radius 2 is 1.13 bits per heavy atom. The van der Waals surface area contributed by atoms with Gasteiger partial charge in [-0.15, -0.1) is 0 Å². The van der Waals surface area contributed by atoms with Crippen LogP contribution in [0.2, 0.25) is 0 Å². The van der Waals surface area contributed by atoms with Gasteiger partial charge in [0.25, 0.3) is 0 Å². The Balaban J connectivity index is 3.54. The highest BCUT2D eigenvalue weighted by Crippen LogP contribution is 2.57. The van der Waals surface area contributed by atoms with Crippen molar-refractivity contribution in [1.29, 1.82) is 0 Å². The largest absolute Gasteiger partial charge is 0.471 e. The van der Waals surface area contributed by atoms with Crippen LogP contribution in [0, 0.1) is 0 Å². The van der Waals surface area contributed by atoms with Gasteiger partial charge >= 0.3 is 47.2 Å². The first-order valence-corrected chi connectivity index (χ1v) is 9.13. The molecule has 0 heterocycles. The van der Waals surface area contributed by atoms with Crippen LogP contribution >= 0.6 is 15.9 Å². The number of hydrogen-bond donors (Lipinski definition) is 0. The van der Waals surface area contributed by atoms with E-state index in [9.17, 15) is 79.8 Å². The number of hydrogen-bond acceptors (Lipinski definition) is 5. The van der Waals surface area contributed by atoms with E-state index in [0.717, 1.165) is 28.5 Å². The number of benzene rings is 1. The van der Waals surface area contributed by atoms with Crippen LogP contribution in [0.1, 0.15) is 11.1 Å². The highest BCUT2D eigenvalue weighted by molar-refractivity contribution is 9.10. The van der Waals surface area contributed by atoms with Gasteiger partial charge in [-0.25, -0.2) is 0 Å². The zero-order valence-electron chi connectivity index (χ0n) is 16.7. The lowest BCUT2D eigenvalue weighted by molar-refractivity contribution is -0.545. The summed E-state index contributed by atoms with van der Waals surface area (Å²) in [4.78, 5) is 21.2. The highest BCUT2D eigenvalue weighted by atomic mass is 79.9. The molecule has 22 heteroatoms. The third-order valence-corrected chi connectivity index (χ3v) is 4.40. The molecule has 1 aromatic carbocycles. The van der Waals surface area contributed by atoms with Crippen molar-refractivity contribution in [2.75, 3.05) is 0 Å². The summed E-state index contributed by atoms with van der Waals surface area (Å²) < 4.78 is 213. The number of alkyl halides is 17. The van der Waals surface area contributed by atoms with Gasteiger partial charge in [-0.3, -0.25) is 19.1 Å². The maximum Gasteiger partial charge on any atom is 0.471 e. The summed E-state index contributed by atoms with van der Waals surface area (Å²) in [5.41, 5.74) is -1.94. The van der Waals surface area contributed by atoms with Crippen LogP contribution in [0.25, 0.3) is 0 Å². The van der Waals surface area contributed by atoms with Crippen LogP contribution in [0.3, 0.4) is 0 Å². The van der Waals surface area contributed by atoms with Crippen LogP contribution < -0.4 is 4.74 Å². The molecular weight excluding hydrogens is 656 g/mol. The molecule has 216 valence electrons. The van der Waals surface area contributed by atoms with E-state index in [1.165, 1.54) is 4.74 Å². The Morgan fingerprint density at radius 3 is 1.53 bits per heavy atom. The Hall–Kier alpha value is -2.36. The average molecular weight is 659 g/mol. The molecule has 0 aliphatic rings. The van der Waals surface area contributed by atoms with E-state index in [4.69, 9.17) is 0 Å². The van der Waals surface area contributed by atoms with E-state index in [2.05, 4.69) is 9.47 Å². The molecule has 2 unspecified atom stereocenters. The SMILES string of the molecule is O=[C]c1ccc([C]=O)c(OC(F)(F)C(F)(Br)OC(F)(F)C(F)(OC(F)(F)C(F)(F)C(F)(F)F)C(F)(F)F)c1. The lowest BCUT2D eigenvalue weighted by Gasteiger charge is -2.40. The summed E-state index contributed by atoms with van der Waals surface area (Å²) in [7, 11) is 0. The summed E-state index contributed by atoms with van der Waals surface area (Å²) in [5, 5.41) is 0. The first-order chi connectivity index (χ1) is 16.6.